The van der Waals surface area contributed by atoms with Crippen molar-refractivity contribution in [1.29, 1.82) is 0 Å². The molecule has 262 valence electrons. The molecule has 0 aliphatic carbocycles. The van der Waals surface area contributed by atoms with Gasteiger partial charge in [-0.1, -0.05) is 103 Å². The summed E-state index contributed by atoms with van der Waals surface area (Å²) in [6, 6.07) is 58.3. The highest BCUT2D eigenvalue weighted by Gasteiger charge is 2.16. The first-order chi connectivity index (χ1) is 27.7. The van der Waals surface area contributed by atoms with E-state index in [-0.39, 0.29) is 0 Å². The van der Waals surface area contributed by atoms with Gasteiger partial charge >= 0.3 is 0 Å². The van der Waals surface area contributed by atoms with Crippen LogP contribution in [0.1, 0.15) is 0 Å². The summed E-state index contributed by atoms with van der Waals surface area (Å²) in [5, 5.41) is 4.35. The first-order valence-corrected chi connectivity index (χ1v) is 18.5. The predicted octanol–water partition coefficient (Wildman–Crippen LogP) is 13.1. The molecule has 6 nitrogen and oxygen atoms in total. The minimum Gasteiger partial charge on any atom is -0.456 e. The quantitative estimate of drug-likeness (QED) is 0.170. The lowest BCUT2D eigenvalue weighted by Crippen LogP contribution is -1.97. The predicted molar refractivity (Wildman–Crippen MR) is 225 cm³/mol. The number of hydrogen-bond acceptors (Lipinski definition) is 6. The molecule has 0 saturated carbocycles. The summed E-state index contributed by atoms with van der Waals surface area (Å²) >= 11 is 0. The van der Waals surface area contributed by atoms with Crippen molar-refractivity contribution in [2.45, 2.75) is 0 Å². The van der Waals surface area contributed by atoms with Crippen molar-refractivity contribution in [2.24, 2.45) is 0 Å². The molecule has 0 fully saturated rings. The standard InChI is InChI=1S/C50H30N4O2/c1-2-9-32(10-3-1)50-53-43(31-15-17-33(18-16-31)49-51-23-8-24-52-49)30-44(54-50)38-26-36(34-19-21-47-41(28-34)39-11-4-6-13-45(39)55-47)25-37(27-38)35-20-22-48-42(29-35)40-12-5-7-14-46(40)56-48/h1-30H. The van der Waals surface area contributed by atoms with Crippen molar-refractivity contribution < 1.29 is 8.83 Å². The number of para-hydroxylation sites is 2. The van der Waals surface area contributed by atoms with Crippen molar-refractivity contribution in [2.75, 3.05) is 0 Å². The van der Waals surface area contributed by atoms with Gasteiger partial charge in [-0.3, -0.25) is 0 Å². The van der Waals surface area contributed by atoms with Crippen LogP contribution in [0.15, 0.2) is 191 Å². The zero-order valence-electron chi connectivity index (χ0n) is 29.9. The van der Waals surface area contributed by atoms with Gasteiger partial charge in [0.25, 0.3) is 0 Å². The molecular weight excluding hydrogens is 689 g/mol. The molecule has 0 atom stereocenters. The molecule has 11 rings (SSSR count). The molecule has 0 unspecified atom stereocenters. The summed E-state index contributed by atoms with van der Waals surface area (Å²) in [5.74, 6) is 1.33. The van der Waals surface area contributed by atoms with Gasteiger partial charge in [0, 0.05) is 56.2 Å². The van der Waals surface area contributed by atoms with Gasteiger partial charge in [-0.05, 0) is 89.0 Å². The second-order valence-corrected chi connectivity index (χ2v) is 13.9. The van der Waals surface area contributed by atoms with Gasteiger partial charge in [-0.15, -0.1) is 0 Å². The number of nitrogens with zero attached hydrogens (tertiary/aromatic N) is 4. The van der Waals surface area contributed by atoms with Crippen molar-refractivity contribution in [3.05, 3.63) is 182 Å². The van der Waals surface area contributed by atoms with Crippen molar-refractivity contribution in [3.63, 3.8) is 0 Å². The second kappa shape index (κ2) is 13.0. The molecule has 0 aliphatic heterocycles. The van der Waals surface area contributed by atoms with Crippen molar-refractivity contribution in [1.82, 2.24) is 19.9 Å². The molecule has 56 heavy (non-hydrogen) atoms. The van der Waals surface area contributed by atoms with E-state index in [1.807, 2.05) is 60.7 Å². The molecule has 0 bridgehead atoms. The highest BCUT2D eigenvalue weighted by Crippen LogP contribution is 2.39. The lowest BCUT2D eigenvalue weighted by Gasteiger charge is -2.13. The minimum absolute atomic E-state index is 0.651. The molecule has 4 aromatic heterocycles. The fourth-order valence-electron chi connectivity index (χ4n) is 7.62. The summed E-state index contributed by atoms with van der Waals surface area (Å²) in [6.45, 7) is 0. The monoisotopic (exact) mass is 718 g/mol. The molecular formula is C50H30N4O2. The SMILES string of the molecule is c1ccc(-c2nc(-c3ccc(-c4ncccn4)cc3)cc(-c3cc(-c4ccc5oc6ccccc6c5c4)cc(-c4ccc5oc6ccccc6c5c4)c3)n2)cc1. The summed E-state index contributed by atoms with van der Waals surface area (Å²) < 4.78 is 12.4. The first-order valence-electron chi connectivity index (χ1n) is 18.5. The molecule has 7 aromatic carbocycles. The Labute approximate surface area is 321 Å². The van der Waals surface area contributed by atoms with Crippen molar-refractivity contribution >= 4 is 43.9 Å². The number of rotatable bonds is 6. The fourth-order valence-corrected chi connectivity index (χ4v) is 7.62. The van der Waals surface area contributed by atoms with Gasteiger partial charge in [0.15, 0.2) is 11.6 Å². The molecule has 0 radical (unpaired) electrons. The summed E-state index contributed by atoms with van der Waals surface area (Å²) in [6.07, 6.45) is 3.51. The van der Waals surface area contributed by atoms with Crippen LogP contribution in [-0.2, 0) is 0 Å². The van der Waals surface area contributed by atoms with Gasteiger partial charge in [-0.2, -0.15) is 0 Å². The van der Waals surface area contributed by atoms with E-state index in [9.17, 15) is 0 Å². The maximum atomic E-state index is 6.21. The Balaban J connectivity index is 1.11. The highest BCUT2D eigenvalue weighted by atomic mass is 16.3. The first kappa shape index (κ1) is 31.8. The van der Waals surface area contributed by atoms with E-state index in [0.717, 1.165) is 99.8 Å². The van der Waals surface area contributed by atoms with Gasteiger partial charge in [0.05, 0.1) is 11.4 Å². The molecule has 0 saturated heterocycles. The van der Waals surface area contributed by atoms with Crippen LogP contribution in [-0.4, -0.2) is 19.9 Å². The Morgan fingerprint density at radius 1 is 0.286 bits per heavy atom. The van der Waals surface area contributed by atoms with E-state index < -0.39 is 0 Å². The second-order valence-electron chi connectivity index (χ2n) is 13.9. The van der Waals surface area contributed by atoms with Crippen LogP contribution in [0.3, 0.4) is 0 Å². The van der Waals surface area contributed by atoms with Crippen molar-refractivity contribution in [3.8, 4) is 67.5 Å². The Hall–Kier alpha value is -7.70. The molecule has 4 heterocycles. The zero-order valence-corrected chi connectivity index (χ0v) is 29.9. The largest absolute Gasteiger partial charge is 0.456 e. The van der Waals surface area contributed by atoms with E-state index >= 15 is 0 Å². The van der Waals surface area contributed by atoms with Gasteiger partial charge in [-0.25, -0.2) is 19.9 Å². The Bertz CT molecular complexity index is 3110. The third-order valence-electron chi connectivity index (χ3n) is 10.4. The Kier molecular flexibility index (Phi) is 7.38. The van der Waals surface area contributed by atoms with Crippen LogP contribution in [0.4, 0.5) is 0 Å². The molecule has 0 spiro atoms. The number of fused-ring (bicyclic) bond motifs is 6. The topological polar surface area (TPSA) is 77.8 Å². The summed E-state index contributed by atoms with van der Waals surface area (Å²) in [5.41, 5.74) is 13.2. The van der Waals surface area contributed by atoms with Gasteiger partial charge in [0.2, 0.25) is 0 Å². The Morgan fingerprint density at radius 2 is 0.750 bits per heavy atom. The third kappa shape index (κ3) is 5.60. The molecule has 11 aromatic rings. The average Bonchev–Trinajstić information content (AvgIpc) is 3.84. The smallest absolute Gasteiger partial charge is 0.160 e. The van der Waals surface area contributed by atoms with Crippen LogP contribution < -0.4 is 0 Å². The maximum absolute atomic E-state index is 6.21. The summed E-state index contributed by atoms with van der Waals surface area (Å²) in [4.78, 5) is 19.2. The van der Waals surface area contributed by atoms with Crippen LogP contribution in [0.2, 0.25) is 0 Å². The van der Waals surface area contributed by atoms with E-state index in [1.165, 1.54) is 0 Å². The lowest BCUT2D eigenvalue weighted by atomic mass is 9.93. The molecule has 0 aliphatic rings. The van der Waals surface area contributed by atoms with E-state index in [4.69, 9.17) is 18.8 Å². The minimum atomic E-state index is 0.651. The van der Waals surface area contributed by atoms with Gasteiger partial charge < -0.3 is 8.83 Å². The number of benzene rings is 7. The van der Waals surface area contributed by atoms with Crippen LogP contribution in [0, 0.1) is 0 Å². The van der Waals surface area contributed by atoms with E-state index in [0.29, 0.717) is 11.6 Å². The van der Waals surface area contributed by atoms with E-state index in [2.05, 4.69) is 119 Å². The van der Waals surface area contributed by atoms with Crippen LogP contribution in [0.5, 0.6) is 0 Å². The van der Waals surface area contributed by atoms with E-state index in [1.54, 1.807) is 12.4 Å². The average molecular weight is 719 g/mol. The fraction of sp³-hybridized carbons (Fsp3) is 0. The normalized spacial score (nSPS) is 11.6. The highest BCUT2D eigenvalue weighted by molar-refractivity contribution is 6.07. The number of aromatic nitrogens is 4. The summed E-state index contributed by atoms with van der Waals surface area (Å²) in [7, 11) is 0. The molecule has 0 N–H and O–H groups in total. The maximum Gasteiger partial charge on any atom is 0.160 e. The number of hydrogen-bond donors (Lipinski definition) is 0. The lowest BCUT2D eigenvalue weighted by molar-refractivity contribution is 0.668. The molecule has 6 heteroatoms. The number of furan rings is 2. The third-order valence-corrected chi connectivity index (χ3v) is 10.4. The Morgan fingerprint density at radius 3 is 1.36 bits per heavy atom. The molecule has 0 amide bonds. The van der Waals surface area contributed by atoms with Crippen LogP contribution >= 0.6 is 0 Å². The van der Waals surface area contributed by atoms with Gasteiger partial charge in [0.1, 0.15) is 22.3 Å². The zero-order chi connectivity index (χ0) is 37.0. The van der Waals surface area contributed by atoms with Crippen LogP contribution in [0.25, 0.3) is 111 Å².